The monoisotopic (exact) mass is 192 g/mol. The van der Waals surface area contributed by atoms with E-state index in [0.717, 1.165) is 31.7 Å². The van der Waals surface area contributed by atoms with E-state index in [2.05, 4.69) is 6.07 Å². The number of nitrogens with two attached hydrogens (primary N) is 1. The SMILES string of the molecule is NCCCCCCOc1cc[c]cc1. The Morgan fingerprint density at radius 1 is 1.07 bits per heavy atom. The number of hydrogen-bond donors (Lipinski definition) is 1. The highest BCUT2D eigenvalue weighted by Crippen LogP contribution is 2.09. The molecule has 0 saturated heterocycles. The Morgan fingerprint density at radius 3 is 2.50 bits per heavy atom. The maximum absolute atomic E-state index is 5.53. The highest BCUT2D eigenvalue weighted by molar-refractivity contribution is 5.20. The maximum Gasteiger partial charge on any atom is 0.119 e. The molecule has 0 atom stereocenters. The van der Waals surface area contributed by atoms with Crippen LogP contribution in [0.25, 0.3) is 0 Å². The fourth-order valence-corrected chi connectivity index (χ4v) is 1.26. The summed E-state index contributed by atoms with van der Waals surface area (Å²) in [6, 6.07) is 10.5. The molecule has 0 amide bonds. The number of unbranched alkanes of at least 4 members (excludes halogenated alkanes) is 3. The Labute approximate surface area is 86.1 Å². The van der Waals surface area contributed by atoms with Crippen LogP contribution < -0.4 is 10.5 Å². The van der Waals surface area contributed by atoms with Gasteiger partial charge in [-0.3, -0.25) is 0 Å². The first-order valence-corrected chi connectivity index (χ1v) is 5.22. The average molecular weight is 192 g/mol. The summed E-state index contributed by atoms with van der Waals surface area (Å²) in [6.07, 6.45) is 4.65. The second kappa shape index (κ2) is 7.39. The first kappa shape index (κ1) is 11.1. The summed E-state index contributed by atoms with van der Waals surface area (Å²) in [4.78, 5) is 0. The molecule has 77 valence electrons. The Kier molecular flexibility index (Phi) is 5.84. The summed E-state index contributed by atoms with van der Waals surface area (Å²) in [7, 11) is 0. The molecular formula is C12H18NO. The van der Waals surface area contributed by atoms with E-state index in [1.54, 1.807) is 0 Å². The Balaban J connectivity index is 1.99. The highest BCUT2D eigenvalue weighted by Gasteiger charge is 1.92. The second-order valence-corrected chi connectivity index (χ2v) is 3.29. The van der Waals surface area contributed by atoms with Gasteiger partial charge in [-0.15, -0.1) is 0 Å². The van der Waals surface area contributed by atoms with Crippen LogP contribution in [-0.4, -0.2) is 13.2 Å². The molecule has 0 spiro atoms. The van der Waals surface area contributed by atoms with Crippen LogP contribution in [0.2, 0.25) is 0 Å². The molecule has 1 aromatic carbocycles. The van der Waals surface area contributed by atoms with Gasteiger partial charge in [0.25, 0.3) is 0 Å². The predicted molar refractivity (Wildman–Crippen MR) is 58.3 cm³/mol. The lowest BCUT2D eigenvalue weighted by Crippen LogP contribution is -2.00. The third-order valence-electron chi connectivity index (χ3n) is 2.05. The van der Waals surface area contributed by atoms with E-state index in [1.165, 1.54) is 12.8 Å². The molecule has 1 aromatic rings. The quantitative estimate of drug-likeness (QED) is 0.673. The van der Waals surface area contributed by atoms with E-state index in [4.69, 9.17) is 10.5 Å². The van der Waals surface area contributed by atoms with Gasteiger partial charge in [0.05, 0.1) is 6.61 Å². The third-order valence-corrected chi connectivity index (χ3v) is 2.05. The summed E-state index contributed by atoms with van der Waals surface area (Å²) in [5, 5.41) is 0. The highest BCUT2D eigenvalue weighted by atomic mass is 16.5. The zero-order valence-corrected chi connectivity index (χ0v) is 8.54. The molecule has 14 heavy (non-hydrogen) atoms. The van der Waals surface area contributed by atoms with Crippen molar-refractivity contribution in [1.29, 1.82) is 0 Å². The summed E-state index contributed by atoms with van der Waals surface area (Å²) in [5.41, 5.74) is 5.40. The predicted octanol–water partition coefficient (Wildman–Crippen LogP) is 2.38. The molecule has 0 aromatic heterocycles. The van der Waals surface area contributed by atoms with Crippen LogP contribution in [-0.2, 0) is 0 Å². The lowest BCUT2D eigenvalue weighted by atomic mass is 10.2. The van der Waals surface area contributed by atoms with Crippen molar-refractivity contribution in [2.24, 2.45) is 5.73 Å². The zero-order valence-electron chi connectivity index (χ0n) is 8.54. The van der Waals surface area contributed by atoms with Crippen LogP contribution in [0.15, 0.2) is 24.3 Å². The van der Waals surface area contributed by atoms with Gasteiger partial charge in [0.15, 0.2) is 0 Å². The molecule has 0 saturated carbocycles. The molecule has 0 aliphatic carbocycles. The minimum Gasteiger partial charge on any atom is -0.494 e. The van der Waals surface area contributed by atoms with Gasteiger partial charge in [-0.25, -0.2) is 0 Å². The average Bonchev–Trinajstić information content (AvgIpc) is 2.25. The Bertz CT molecular complexity index is 223. The molecule has 0 heterocycles. The van der Waals surface area contributed by atoms with Gasteiger partial charge < -0.3 is 10.5 Å². The summed E-state index contributed by atoms with van der Waals surface area (Å²) in [5.74, 6) is 0.933. The molecule has 1 rings (SSSR count). The Hall–Kier alpha value is -1.02. The molecular weight excluding hydrogens is 174 g/mol. The molecule has 0 aliphatic rings. The van der Waals surface area contributed by atoms with Gasteiger partial charge in [-0.05, 0) is 37.6 Å². The van der Waals surface area contributed by atoms with Crippen LogP contribution in [0.4, 0.5) is 0 Å². The van der Waals surface area contributed by atoms with E-state index in [0.29, 0.717) is 0 Å². The van der Waals surface area contributed by atoms with Crippen molar-refractivity contribution >= 4 is 0 Å². The summed E-state index contributed by atoms with van der Waals surface area (Å²) in [6.45, 7) is 1.60. The molecule has 0 fully saturated rings. The molecule has 2 heteroatoms. The fourth-order valence-electron chi connectivity index (χ4n) is 1.26. The fraction of sp³-hybridized carbons (Fsp3) is 0.500. The van der Waals surface area contributed by atoms with Crippen LogP contribution in [0.3, 0.4) is 0 Å². The lowest BCUT2D eigenvalue weighted by molar-refractivity contribution is 0.305. The number of hydrogen-bond acceptors (Lipinski definition) is 2. The van der Waals surface area contributed by atoms with Gasteiger partial charge in [0.2, 0.25) is 0 Å². The minimum atomic E-state index is 0.800. The Morgan fingerprint density at radius 2 is 1.79 bits per heavy atom. The van der Waals surface area contributed by atoms with E-state index in [9.17, 15) is 0 Å². The van der Waals surface area contributed by atoms with E-state index < -0.39 is 0 Å². The van der Waals surface area contributed by atoms with E-state index in [1.807, 2.05) is 24.3 Å². The molecule has 2 N–H and O–H groups in total. The van der Waals surface area contributed by atoms with Crippen molar-refractivity contribution in [2.75, 3.05) is 13.2 Å². The molecule has 0 aliphatic heterocycles. The van der Waals surface area contributed by atoms with Gasteiger partial charge >= 0.3 is 0 Å². The van der Waals surface area contributed by atoms with Crippen molar-refractivity contribution in [1.82, 2.24) is 0 Å². The van der Waals surface area contributed by atoms with Crippen molar-refractivity contribution < 1.29 is 4.74 Å². The van der Waals surface area contributed by atoms with Crippen LogP contribution in [0.1, 0.15) is 25.7 Å². The topological polar surface area (TPSA) is 35.2 Å². The van der Waals surface area contributed by atoms with Gasteiger partial charge in [0, 0.05) is 0 Å². The van der Waals surface area contributed by atoms with Crippen molar-refractivity contribution in [3.05, 3.63) is 30.3 Å². The van der Waals surface area contributed by atoms with Crippen molar-refractivity contribution in [3.63, 3.8) is 0 Å². The van der Waals surface area contributed by atoms with E-state index >= 15 is 0 Å². The zero-order chi connectivity index (χ0) is 10.1. The molecule has 1 radical (unpaired) electrons. The van der Waals surface area contributed by atoms with Gasteiger partial charge in [-0.1, -0.05) is 25.0 Å². The first-order chi connectivity index (χ1) is 6.93. The number of rotatable bonds is 7. The first-order valence-electron chi connectivity index (χ1n) is 5.22. The third kappa shape index (κ3) is 4.87. The van der Waals surface area contributed by atoms with Crippen LogP contribution in [0.5, 0.6) is 5.75 Å². The van der Waals surface area contributed by atoms with Crippen LogP contribution >= 0.6 is 0 Å². The molecule has 0 unspecified atom stereocenters. The molecule has 0 bridgehead atoms. The molecule has 2 nitrogen and oxygen atoms in total. The minimum absolute atomic E-state index is 0.800. The largest absolute Gasteiger partial charge is 0.494 e. The van der Waals surface area contributed by atoms with Gasteiger partial charge in [0.1, 0.15) is 5.75 Å². The summed E-state index contributed by atoms with van der Waals surface area (Å²) < 4.78 is 5.53. The second-order valence-electron chi connectivity index (χ2n) is 3.29. The normalized spacial score (nSPS) is 10.1. The van der Waals surface area contributed by atoms with Crippen molar-refractivity contribution in [2.45, 2.75) is 25.7 Å². The van der Waals surface area contributed by atoms with Gasteiger partial charge in [-0.2, -0.15) is 0 Å². The maximum atomic E-state index is 5.53. The smallest absolute Gasteiger partial charge is 0.119 e. The number of ether oxygens (including phenoxy) is 1. The van der Waals surface area contributed by atoms with Crippen molar-refractivity contribution in [3.8, 4) is 5.75 Å². The van der Waals surface area contributed by atoms with E-state index in [-0.39, 0.29) is 0 Å². The number of benzene rings is 1. The standard InChI is InChI=1S/C12H18NO/c13-10-6-1-2-7-11-14-12-8-4-3-5-9-12/h4-5,8-9H,1-2,6-7,10-11,13H2. The lowest BCUT2D eigenvalue weighted by Gasteiger charge is -2.04. The van der Waals surface area contributed by atoms with Crippen LogP contribution in [0, 0.1) is 6.07 Å². The summed E-state index contributed by atoms with van der Waals surface area (Å²) >= 11 is 0.